The van der Waals surface area contributed by atoms with E-state index in [1.807, 2.05) is 6.07 Å². The van der Waals surface area contributed by atoms with Crippen molar-refractivity contribution in [3.63, 3.8) is 0 Å². The number of methoxy groups -OCH3 is 1. The van der Waals surface area contributed by atoms with Crippen LogP contribution in [0.4, 0.5) is 11.5 Å². The van der Waals surface area contributed by atoms with Crippen molar-refractivity contribution < 1.29 is 14.3 Å². The van der Waals surface area contributed by atoms with Crippen LogP contribution < -0.4 is 19.9 Å². The van der Waals surface area contributed by atoms with E-state index in [0.717, 1.165) is 76.9 Å². The Kier molecular flexibility index (Phi) is 7.10. The Morgan fingerprint density at radius 2 is 2.09 bits per heavy atom. The number of ether oxygens (including phenoxy) is 2. The second-order valence-electron chi connectivity index (χ2n) is 9.17. The summed E-state index contributed by atoms with van der Waals surface area (Å²) in [6.07, 6.45) is 6.89. The summed E-state index contributed by atoms with van der Waals surface area (Å²) in [6, 6.07) is 6.27. The molecule has 34 heavy (non-hydrogen) atoms. The highest BCUT2D eigenvalue weighted by Gasteiger charge is 2.42. The standard InChI is InChI=1S/C25H34N6O3/c1-33-20-4-3-19-15-21(25(32)28-5-2-8-29-11-13-34-14-12-29)23-18-30(24-17-26-6-7-27-24)9-10-31(23)22(19)16-20/h3-4,6-7,16-17,21,23H,2,5,8-15,18H2,1H3,(H,28,32)/t21-,23-/m0/s1. The van der Waals surface area contributed by atoms with Gasteiger partial charge < -0.3 is 24.6 Å². The third-order valence-corrected chi connectivity index (χ3v) is 7.19. The Hall–Kier alpha value is -2.91. The molecule has 9 nitrogen and oxygen atoms in total. The molecule has 2 fully saturated rings. The van der Waals surface area contributed by atoms with E-state index in [9.17, 15) is 4.79 Å². The Bertz CT molecular complexity index is 968. The van der Waals surface area contributed by atoms with Crippen molar-refractivity contribution in [2.45, 2.75) is 18.9 Å². The summed E-state index contributed by atoms with van der Waals surface area (Å²) in [6.45, 7) is 7.65. The molecule has 2 saturated heterocycles. The lowest BCUT2D eigenvalue weighted by atomic mass is 9.83. The molecule has 3 aliphatic heterocycles. The topological polar surface area (TPSA) is 83.1 Å². The van der Waals surface area contributed by atoms with Crippen LogP contribution in [0.25, 0.3) is 0 Å². The fourth-order valence-electron chi connectivity index (χ4n) is 5.34. The van der Waals surface area contributed by atoms with E-state index in [1.54, 1.807) is 25.7 Å². The normalized spacial score (nSPS) is 22.6. The quantitative estimate of drug-likeness (QED) is 0.610. The predicted molar refractivity (Wildman–Crippen MR) is 130 cm³/mol. The molecule has 0 spiro atoms. The average Bonchev–Trinajstić information content (AvgIpc) is 2.91. The minimum atomic E-state index is -0.122. The van der Waals surface area contributed by atoms with Crippen LogP contribution in [0.5, 0.6) is 5.75 Å². The van der Waals surface area contributed by atoms with Gasteiger partial charge in [0.15, 0.2) is 0 Å². The molecule has 0 unspecified atom stereocenters. The molecular formula is C25H34N6O3. The lowest BCUT2D eigenvalue weighted by Crippen LogP contribution is -2.61. The van der Waals surface area contributed by atoms with E-state index in [2.05, 4.69) is 42.1 Å². The minimum Gasteiger partial charge on any atom is -0.497 e. The number of nitrogens with one attached hydrogen (secondary N) is 1. The SMILES string of the molecule is COc1ccc2c(c1)N1CCN(c3cnccn3)C[C@H]1[C@@H](C(=O)NCCCN1CCOCC1)C2. The highest BCUT2D eigenvalue weighted by atomic mass is 16.5. The van der Waals surface area contributed by atoms with Gasteiger partial charge in [-0.2, -0.15) is 0 Å². The molecule has 0 aliphatic carbocycles. The number of carbonyl (C=O) groups is 1. The Morgan fingerprint density at radius 1 is 1.21 bits per heavy atom. The molecule has 1 aromatic heterocycles. The van der Waals surface area contributed by atoms with Crippen LogP contribution in [0.15, 0.2) is 36.8 Å². The average molecular weight is 467 g/mol. The fraction of sp³-hybridized carbons (Fsp3) is 0.560. The first-order valence-corrected chi connectivity index (χ1v) is 12.3. The monoisotopic (exact) mass is 466 g/mol. The van der Waals surface area contributed by atoms with E-state index in [4.69, 9.17) is 9.47 Å². The number of rotatable bonds is 7. The highest BCUT2D eigenvalue weighted by molar-refractivity contribution is 5.82. The van der Waals surface area contributed by atoms with E-state index in [0.29, 0.717) is 6.54 Å². The first-order valence-electron chi connectivity index (χ1n) is 12.3. The number of nitrogens with zero attached hydrogens (tertiary/aromatic N) is 5. The lowest BCUT2D eigenvalue weighted by molar-refractivity contribution is -0.125. The van der Waals surface area contributed by atoms with Gasteiger partial charge in [-0.1, -0.05) is 6.07 Å². The smallest absolute Gasteiger partial charge is 0.225 e. The summed E-state index contributed by atoms with van der Waals surface area (Å²) < 4.78 is 10.9. The molecule has 0 radical (unpaired) electrons. The van der Waals surface area contributed by atoms with Gasteiger partial charge in [0.1, 0.15) is 11.6 Å². The predicted octanol–water partition coefficient (Wildman–Crippen LogP) is 1.19. The van der Waals surface area contributed by atoms with Gasteiger partial charge >= 0.3 is 0 Å². The number of hydrogen-bond donors (Lipinski definition) is 1. The van der Waals surface area contributed by atoms with Crippen LogP contribution in [0, 0.1) is 5.92 Å². The van der Waals surface area contributed by atoms with Crippen molar-refractivity contribution in [3.05, 3.63) is 42.4 Å². The van der Waals surface area contributed by atoms with Crippen molar-refractivity contribution >= 4 is 17.4 Å². The van der Waals surface area contributed by atoms with Gasteiger partial charge in [-0.3, -0.25) is 14.7 Å². The molecule has 1 N–H and O–H groups in total. The van der Waals surface area contributed by atoms with Gasteiger partial charge in [0.2, 0.25) is 5.91 Å². The summed E-state index contributed by atoms with van der Waals surface area (Å²) in [4.78, 5) is 29.2. The highest BCUT2D eigenvalue weighted by Crippen LogP contribution is 2.38. The Labute approximate surface area is 201 Å². The zero-order chi connectivity index (χ0) is 23.3. The zero-order valence-corrected chi connectivity index (χ0v) is 19.9. The molecule has 1 aromatic carbocycles. The fourth-order valence-corrected chi connectivity index (χ4v) is 5.34. The van der Waals surface area contributed by atoms with E-state index < -0.39 is 0 Å². The van der Waals surface area contributed by atoms with E-state index in [1.165, 1.54) is 11.3 Å². The van der Waals surface area contributed by atoms with Crippen molar-refractivity contribution in [1.82, 2.24) is 20.2 Å². The number of amides is 1. The molecule has 1 amide bonds. The number of hydrogen-bond acceptors (Lipinski definition) is 8. The second-order valence-corrected chi connectivity index (χ2v) is 9.17. The summed E-state index contributed by atoms with van der Waals surface area (Å²) in [5.41, 5.74) is 2.39. The maximum absolute atomic E-state index is 13.4. The third kappa shape index (κ3) is 4.95. The molecule has 4 heterocycles. The van der Waals surface area contributed by atoms with Gasteiger partial charge in [-0.15, -0.1) is 0 Å². The van der Waals surface area contributed by atoms with Gasteiger partial charge in [0, 0.05) is 63.4 Å². The number of morpholine rings is 1. The van der Waals surface area contributed by atoms with Crippen molar-refractivity contribution in [3.8, 4) is 5.75 Å². The lowest BCUT2D eigenvalue weighted by Gasteiger charge is -2.49. The molecule has 5 rings (SSSR count). The van der Waals surface area contributed by atoms with Crippen LogP contribution in [0.1, 0.15) is 12.0 Å². The molecular weight excluding hydrogens is 432 g/mol. The van der Waals surface area contributed by atoms with Crippen LogP contribution in [0.2, 0.25) is 0 Å². The Morgan fingerprint density at radius 3 is 2.88 bits per heavy atom. The molecule has 2 aromatic rings. The number of aromatic nitrogens is 2. The van der Waals surface area contributed by atoms with Crippen LogP contribution >= 0.6 is 0 Å². The Balaban J connectivity index is 1.29. The summed E-state index contributed by atoms with van der Waals surface area (Å²) in [5.74, 6) is 1.73. The van der Waals surface area contributed by atoms with Crippen molar-refractivity contribution in [2.24, 2.45) is 5.92 Å². The van der Waals surface area contributed by atoms with Crippen LogP contribution in [-0.2, 0) is 16.0 Å². The summed E-state index contributed by atoms with van der Waals surface area (Å²) in [7, 11) is 1.70. The van der Waals surface area contributed by atoms with Gasteiger partial charge in [0.05, 0.1) is 38.5 Å². The van der Waals surface area contributed by atoms with Crippen LogP contribution in [-0.4, -0.2) is 93.0 Å². The molecule has 9 heteroatoms. The van der Waals surface area contributed by atoms with E-state index >= 15 is 0 Å². The second kappa shape index (κ2) is 10.6. The van der Waals surface area contributed by atoms with Gasteiger partial charge in [-0.25, -0.2) is 4.98 Å². The number of carbonyl (C=O) groups excluding carboxylic acids is 1. The van der Waals surface area contributed by atoms with Crippen molar-refractivity contribution in [2.75, 3.05) is 75.9 Å². The maximum atomic E-state index is 13.4. The maximum Gasteiger partial charge on any atom is 0.225 e. The van der Waals surface area contributed by atoms with Gasteiger partial charge in [-0.05, 0) is 31.0 Å². The summed E-state index contributed by atoms with van der Waals surface area (Å²) in [5, 5.41) is 3.24. The molecule has 0 saturated carbocycles. The first kappa shape index (κ1) is 22.9. The summed E-state index contributed by atoms with van der Waals surface area (Å²) >= 11 is 0. The van der Waals surface area contributed by atoms with Crippen molar-refractivity contribution in [1.29, 1.82) is 0 Å². The zero-order valence-electron chi connectivity index (χ0n) is 19.9. The molecule has 2 atom stereocenters. The minimum absolute atomic E-state index is 0.0644. The molecule has 3 aliphatic rings. The molecule has 182 valence electrons. The molecule has 0 bridgehead atoms. The first-order chi connectivity index (χ1) is 16.7. The van der Waals surface area contributed by atoms with Crippen LogP contribution in [0.3, 0.4) is 0 Å². The van der Waals surface area contributed by atoms with E-state index in [-0.39, 0.29) is 17.9 Å². The van der Waals surface area contributed by atoms with Gasteiger partial charge in [0.25, 0.3) is 0 Å². The third-order valence-electron chi connectivity index (χ3n) is 7.19. The largest absolute Gasteiger partial charge is 0.497 e. The number of anilines is 2. The number of piperazine rings is 1. The number of benzene rings is 1. The number of fused-ring (bicyclic) bond motifs is 3.